The molecule has 2 rings (SSSR count). The molecule has 21 heavy (non-hydrogen) atoms. The molecule has 1 heterocycles. The highest BCUT2D eigenvalue weighted by Gasteiger charge is 2.20. The zero-order chi connectivity index (χ0) is 15.3. The third-order valence-corrected chi connectivity index (χ3v) is 4.79. The van der Waals surface area contributed by atoms with Gasteiger partial charge in [0.1, 0.15) is 11.6 Å². The first kappa shape index (κ1) is 15.4. The fraction of sp³-hybridized carbons (Fsp3) is 0.214. The fourth-order valence-electron chi connectivity index (χ4n) is 1.72. The Morgan fingerprint density at radius 2 is 1.90 bits per heavy atom. The molecule has 0 radical (unpaired) electrons. The molecule has 0 bridgehead atoms. The minimum Gasteiger partial charge on any atom is -0.369 e. The van der Waals surface area contributed by atoms with Crippen LogP contribution in [0.2, 0.25) is 0 Å². The number of nitrogens with one attached hydrogen (secondary N) is 1. The number of sulfonamides is 1. The van der Waals surface area contributed by atoms with Crippen LogP contribution in [0, 0.1) is 5.82 Å². The quantitative estimate of drug-likeness (QED) is 0.886. The lowest BCUT2D eigenvalue weighted by atomic mass is 10.4. The van der Waals surface area contributed by atoms with Gasteiger partial charge in [0, 0.05) is 26.3 Å². The van der Waals surface area contributed by atoms with Crippen molar-refractivity contribution >= 4 is 15.8 Å². The van der Waals surface area contributed by atoms with Gasteiger partial charge in [0.05, 0.1) is 4.90 Å². The van der Waals surface area contributed by atoms with Gasteiger partial charge in [0.2, 0.25) is 10.0 Å². The molecule has 0 aliphatic carbocycles. The molecular weight excluding hydrogens is 293 g/mol. The summed E-state index contributed by atoms with van der Waals surface area (Å²) >= 11 is 0. The van der Waals surface area contributed by atoms with Gasteiger partial charge in [-0.2, -0.15) is 4.31 Å². The summed E-state index contributed by atoms with van der Waals surface area (Å²) in [7, 11) is -2.12. The normalized spacial score (nSPS) is 11.6. The molecule has 0 unspecified atom stereocenters. The van der Waals surface area contributed by atoms with Crippen LogP contribution in [-0.2, 0) is 10.0 Å². The molecule has 0 fully saturated rings. The van der Waals surface area contributed by atoms with E-state index in [1.807, 2.05) is 6.07 Å². The van der Waals surface area contributed by atoms with Gasteiger partial charge >= 0.3 is 0 Å². The summed E-state index contributed by atoms with van der Waals surface area (Å²) in [6.07, 6.45) is 1.65. The van der Waals surface area contributed by atoms with Gasteiger partial charge in [-0.05, 0) is 36.4 Å². The Hall–Kier alpha value is -1.99. The highest BCUT2D eigenvalue weighted by Crippen LogP contribution is 2.14. The third kappa shape index (κ3) is 3.99. The highest BCUT2D eigenvalue weighted by molar-refractivity contribution is 7.89. The van der Waals surface area contributed by atoms with Crippen molar-refractivity contribution in [1.82, 2.24) is 9.29 Å². The lowest BCUT2D eigenvalue weighted by molar-refractivity contribution is 0.480. The zero-order valence-electron chi connectivity index (χ0n) is 11.5. The van der Waals surface area contributed by atoms with E-state index < -0.39 is 15.8 Å². The van der Waals surface area contributed by atoms with Crippen molar-refractivity contribution in [3.8, 4) is 0 Å². The van der Waals surface area contributed by atoms with E-state index in [9.17, 15) is 12.8 Å². The summed E-state index contributed by atoms with van der Waals surface area (Å²) < 4.78 is 38.6. The van der Waals surface area contributed by atoms with Crippen molar-refractivity contribution in [2.45, 2.75) is 4.90 Å². The molecule has 1 aromatic carbocycles. The van der Waals surface area contributed by atoms with Crippen LogP contribution in [-0.4, -0.2) is 37.8 Å². The minimum atomic E-state index is -3.60. The fourth-order valence-corrected chi connectivity index (χ4v) is 2.89. The molecule has 0 aliphatic rings. The second-order valence-corrected chi connectivity index (χ2v) is 6.47. The van der Waals surface area contributed by atoms with Gasteiger partial charge in [-0.25, -0.2) is 17.8 Å². The maximum atomic E-state index is 12.8. The zero-order valence-corrected chi connectivity index (χ0v) is 12.3. The van der Waals surface area contributed by atoms with Crippen molar-refractivity contribution in [2.75, 3.05) is 25.5 Å². The molecular formula is C14H16FN3O2S. The van der Waals surface area contributed by atoms with Gasteiger partial charge < -0.3 is 5.32 Å². The molecule has 0 amide bonds. The van der Waals surface area contributed by atoms with E-state index in [-0.39, 0.29) is 11.4 Å². The van der Waals surface area contributed by atoms with Crippen molar-refractivity contribution in [2.24, 2.45) is 0 Å². The van der Waals surface area contributed by atoms with Gasteiger partial charge in [-0.15, -0.1) is 0 Å². The molecule has 2 aromatic rings. The average Bonchev–Trinajstić information content (AvgIpc) is 2.48. The van der Waals surface area contributed by atoms with Crippen LogP contribution < -0.4 is 5.32 Å². The first-order chi connectivity index (χ1) is 10.00. The topological polar surface area (TPSA) is 62.3 Å². The van der Waals surface area contributed by atoms with E-state index in [0.717, 1.165) is 12.1 Å². The number of rotatable bonds is 6. The summed E-state index contributed by atoms with van der Waals surface area (Å²) in [6, 6.07) is 10.2. The number of likely N-dealkylation sites (N-methyl/N-ethyl adjacent to an activating group) is 1. The molecule has 0 spiro atoms. The SMILES string of the molecule is CN(CCNc1ccccn1)S(=O)(=O)c1ccc(F)cc1. The molecule has 0 aliphatic heterocycles. The maximum absolute atomic E-state index is 12.8. The van der Waals surface area contributed by atoms with Crippen LogP contribution in [0.25, 0.3) is 0 Å². The number of aromatic nitrogens is 1. The molecule has 7 heteroatoms. The van der Waals surface area contributed by atoms with E-state index in [1.54, 1.807) is 18.3 Å². The van der Waals surface area contributed by atoms with Crippen molar-refractivity contribution in [3.63, 3.8) is 0 Å². The smallest absolute Gasteiger partial charge is 0.242 e. The predicted molar refractivity (Wildman–Crippen MR) is 78.9 cm³/mol. The first-order valence-corrected chi connectivity index (χ1v) is 7.81. The van der Waals surface area contributed by atoms with Crippen LogP contribution in [0.4, 0.5) is 10.2 Å². The van der Waals surface area contributed by atoms with Crippen LogP contribution in [0.15, 0.2) is 53.6 Å². The number of hydrogen-bond acceptors (Lipinski definition) is 4. The van der Waals surface area contributed by atoms with E-state index in [1.165, 1.54) is 23.5 Å². The predicted octanol–water partition coefficient (Wildman–Crippen LogP) is 1.95. The Balaban J connectivity index is 1.96. The second-order valence-electron chi connectivity index (χ2n) is 4.42. The lowest BCUT2D eigenvalue weighted by Crippen LogP contribution is -2.31. The number of anilines is 1. The summed E-state index contributed by atoms with van der Waals surface area (Å²) in [6.45, 7) is 0.699. The highest BCUT2D eigenvalue weighted by atomic mass is 32.2. The van der Waals surface area contributed by atoms with Crippen molar-refractivity contribution in [3.05, 3.63) is 54.5 Å². The Bertz CT molecular complexity index is 675. The first-order valence-electron chi connectivity index (χ1n) is 6.37. The molecule has 0 saturated heterocycles. The summed E-state index contributed by atoms with van der Waals surface area (Å²) in [5.74, 6) is 0.221. The second kappa shape index (κ2) is 6.64. The summed E-state index contributed by atoms with van der Waals surface area (Å²) in [5.41, 5.74) is 0. The minimum absolute atomic E-state index is 0.0734. The van der Waals surface area contributed by atoms with Crippen molar-refractivity contribution < 1.29 is 12.8 Å². The van der Waals surface area contributed by atoms with Crippen LogP contribution >= 0.6 is 0 Å². The standard InChI is InChI=1S/C14H16FN3O2S/c1-18(11-10-17-14-4-2-3-9-16-14)21(19,20)13-7-5-12(15)6-8-13/h2-9H,10-11H2,1H3,(H,16,17). The average molecular weight is 309 g/mol. The molecule has 0 saturated carbocycles. The Labute approximate surface area is 123 Å². The number of nitrogens with zero attached hydrogens (tertiary/aromatic N) is 2. The van der Waals surface area contributed by atoms with E-state index >= 15 is 0 Å². The number of pyridine rings is 1. The third-order valence-electron chi connectivity index (χ3n) is 2.92. The Kier molecular flexibility index (Phi) is 4.87. The summed E-state index contributed by atoms with van der Waals surface area (Å²) in [5, 5.41) is 3.03. The Morgan fingerprint density at radius 1 is 1.19 bits per heavy atom. The van der Waals surface area contributed by atoms with Crippen molar-refractivity contribution in [1.29, 1.82) is 0 Å². The molecule has 1 aromatic heterocycles. The number of halogens is 1. The Morgan fingerprint density at radius 3 is 2.52 bits per heavy atom. The van der Waals surface area contributed by atoms with E-state index in [0.29, 0.717) is 12.4 Å². The van der Waals surface area contributed by atoms with Gasteiger partial charge in [0.15, 0.2) is 0 Å². The van der Waals surface area contributed by atoms with Crippen LogP contribution in [0.3, 0.4) is 0 Å². The molecule has 112 valence electrons. The van der Waals surface area contributed by atoms with Crippen LogP contribution in [0.5, 0.6) is 0 Å². The molecule has 5 nitrogen and oxygen atoms in total. The van der Waals surface area contributed by atoms with Crippen LogP contribution in [0.1, 0.15) is 0 Å². The van der Waals surface area contributed by atoms with Gasteiger partial charge in [-0.3, -0.25) is 0 Å². The largest absolute Gasteiger partial charge is 0.369 e. The maximum Gasteiger partial charge on any atom is 0.242 e. The van der Waals surface area contributed by atoms with Gasteiger partial charge in [0.25, 0.3) is 0 Å². The van der Waals surface area contributed by atoms with E-state index in [2.05, 4.69) is 10.3 Å². The number of benzene rings is 1. The molecule has 0 atom stereocenters. The monoisotopic (exact) mass is 309 g/mol. The van der Waals surface area contributed by atoms with Gasteiger partial charge in [-0.1, -0.05) is 6.07 Å². The summed E-state index contributed by atoms with van der Waals surface area (Å²) in [4.78, 5) is 4.16. The number of hydrogen-bond donors (Lipinski definition) is 1. The lowest BCUT2D eigenvalue weighted by Gasteiger charge is -2.17. The van der Waals surface area contributed by atoms with E-state index in [4.69, 9.17) is 0 Å². The molecule has 1 N–H and O–H groups in total.